The second-order valence-corrected chi connectivity index (χ2v) is 11.4. The third-order valence-corrected chi connectivity index (χ3v) is 8.75. The highest BCUT2D eigenvalue weighted by Crippen LogP contribution is 2.23. The summed E-state index contributed by atoms with van der Waals surface area (Å²) in [5.74, 6) is -0.327. The number of carbonyl (C=O) groups excluding carboxylic acids is 4. The fourth-order valence-electron chi connectivity index (χ4n) is 6.81. The van der Waals surface area contributed by atoms with E-state index in [2.05, 4.69) is 24.3 Å². The summed E-state index contributed by atoms with van der Waals surface area (Å²) in [6.45, 7) is 0. The lowest BCUT2D eigenvalue weighted by atomic mass is 9.84. The molecule has 8 rings (SSSR count). The number of ketones is 4. The van der Waals surface area contributed by atoms with Crippen LogP contribution in [0.15, 0.2) is 146 Å². The van der Waals surface area contributed by atoms with Crippen molar-refractivity contribution in [2.45, 2.75) is 0 Å². The molecule has 0 saturated carbocycles. The van der Waals surface area contributed by atoms with Gasteiger partial charge < -0.3 is 0 Å². The largest absolute Gasteiger partial charge is 0.290 e. The summed E-state index contributed by atoms with van der Waals surface area (Å²) in [7, 11) is 0. The van der Waals surface area contributed by atoms with Crippen LogP contribution in [0, 0.1) is 0 Å². The molecule has 0 spiro atoms. The molecule has 4 aliphatic carbocycles. The first-order valence-corrected chi connectivity index (χ1v) is 15.0. The SMILES string of the molecule is O=C1C=CC(=c2c3ccccc3c(=C3C=CC(=O)C=C3)c3c(=C4C=CC(=O)C=C4)c4ccccc4c(=C4C=CC(=O)C=C4)c23)C=C1. The number of allylic oxidation sites excluding steroid dienone is 16. The van der Waals surface area contributed by atoms with Crippen molar-refractivity contribution in [3.05, 3.63) is 167 Å². The zero-order valence-electron chi connectivity index (χ0n) is 24.5. The van der Waals surface area contributed by atoms with Gasteiger partial charge >= 0.3 is 0 Å². The van der Waals surface area contributed by atoms with Gasteiger partial charge in [-0.3, -0.25) is 19.2 Å². The molecular weight excluding hydrogens is 568 g/mol. The number of rotatable bonds is 0. The highest BCUT2D eigenvalue weighted by molar-refractivity contribution is 6.16. The molecule has 0 amide bonds. The van der Waals surface area contributed by atoms with E-state index < -0.39 is 0 Å². The van der Waals surface area contributed by atoms with Crippen LogP contribution in [0.3, 0.4) is 0 Å². The normalized spacial score (nSPS) is 17.3. The van der Waals surface area contributed by atoms with E-state index in [1.165, 1.54) is 0 Å². The lowest BCUT2D eigenvalue weighted by Crippen LogP contribution is -2.32. The molecule has 4 nitrogen and oxygen atoms in total. The van der Waals surface area contributed by atoms with E-state index in [-0.39, 0.29) is 23.1 Å². The predicted molar refractivity (Wildman–Crippen MR) is 184 cm³/mol. The van der Waals surface area contributed by atoms with Gasteiger partial charge in [0.25, 0.3) is 0 Å². The van der Waals surface area contributed by atoms with Crippen molar-refractivity contribution >= 4 is 77.7 Å². The first-order chi connectivity index (χ1) is 22.5. The molecule has 0 unspecified atom stereocenters. The van der Waals surface area contributed by atoms with E-state index in [0.717, 1.165) is 75.5 Å². The van der Waals surface area contributed by atoms with Crippen LogP contribution in [-0.2, 0) is 19.2 Å². The molecule has 0 aromatic heterocycles. The molecule has 46 heavy (non-hydrogen) atoms. The average molecular weight is 593 g/mol. The van der Waals surface area contributed by atoms with Gasteiger partial charge in [-0.1, -0.05) is 97.1 Å². The van der Waals surface area contributed by atoms with E-state index in [1.54, 1.807) is 48.6 Å². The Kier molecular flexibility index (Phi) is 6.36. The minimum Gasteiger partial charge on any atom is -0.290 e. The summed E-state index contributed by atoms with van der Waals surface area (Å²) in [6.07, 6.45) is 27.5. The summed E-state index contributed by atoms with van der Waals surface area (Å²) < 4.78 is 0. The van der Waals surface area contributed by atoms with Crippen molar-refractivity contribution in [2.75, 3.05) is 0 Å². The van der Waals surface area contributed by atoms with E-state index in [9.17, 15) is 19.2 Å². The highest BCUT2D eigenvalue weighted by atomic mass is 16.1. The number of hydrogen-bond donors (Lipinski definition) is 0. The summed E-state index contributed by atoms with van der Waals surface area (Å²) in [4.78, 5) is 49.3. The first-order valence-electron chi connectivity index (χ1n) is 15.0. The van der Waals surface area contributed by atoms with Crippen LogP contribution >= 0.6 is 0 Å². The Morgan fingerprint density at radius 3 is 0.652 bits per heavy atom. The third-order valence-electron chi connectivity index (χ3n) is 8.75. The Morgan fingerprint density at radius 1 is 0.261 bits per heavy atom. The molecule has 0 atom stereocenters. The standard InChI is InChI=1S/C42H24O4/c43-29-17-9-25(10-18-29)37-33-5-1-2-6-34(33)38(26-11-19-30(44)20-12-26)42-40(28-15-23-32(46)24-16-28)36-8-4-3-7-35(36)39(41(37)42)27-13-21-31(45)22-14-27/h1-24H. The number of fused-ring (bicyclic) bond motifs is 3. The Labute approximate surface area is 263 Å². The molecular formula is C42H24O4. The van der Waals surface area contributed by atoms with Gasteiger partial charge in [0.05, 0.1) is 0 Å². The predicted octanol–water partition coefficient (Wildman–Crippen LogP) is 4.53. The first kappa shape index (κ1) is 27.3. The summed E-state index contributed by atoms with van der Waals surface area (Å²) in [5.41, 5.74) is 3.50. The van der Waals surface area contributed by atoms with Gasteiger partial charge in [-0.05, 0) is 124 Å². The number of carbonyl (C=O) groups is 4. The minimum absolute atomic E-state index is 0.0817. The maximum atomic E-state index is 12.3. The van der Waals surface area contributed by atoms with Crippen LogP contribution in [0.1, 0.15) is 0 Å². The summed E-state index contributed by atoms with van der Waals surface area (Å²) in [6, 6.07) is 16.4. The molecule has 0 N–H and O–H groups in total. The van der Waals surface area contributed by atoms with Gasteiger partial charge in [-0.15, -0.1) is 0 Å². The molecule has 0 heterocycles. The van der Waals surface area contributed by atoms with Gasteiger partial charge in [0.1, 0.15) is 0 Å². The van der Waals surface area contributed by atoms with Crippen LogP contribution in [0.2, 0.25) is 0 Å². The third kappa shape index (κ3) is 4.39. The highest BCUT2D eigenvalue weighted by Gasteiger charge is 2.19. The molecule has 4 aromatic rings. The van der Waals surface area contributed by atoms with Crippen molar-refractivity contribution in [3.8, 4) is 0 Å². The Bertz CT molecular complexity index is 2240. The molecule has 4 aliphatic rings. The lowest BCUT2D eigenvalue weighted by molar-refractivity contribution is -0.111. The number of hydrogen-bond acceptors (Lipinski definition) is 4. The molecule has 0 radical (unpaired) electrons. The topological polar surface area (TPSA) is 68.3 Å². The zero-order valence-corrected chi connectivity index (χ0v) is 24.5. The van der Waals surface area contributed by atoms with Gasteiger partial charge in [0.2, 0.25) is 0 Å². The second-order valence-electron chi connectivity index (χ2n) is 11.4. The van der Waals surface area contributed by atoms with Gasteiger partial charge in [-0.25, -0.2) is 0 Å². The van der Waals surface area contributed by atoms with Crippen LogP contribution in [0.5, 0.6) is 0 Å². The Morgan fingerprint density at radius 2 is 0.457 bits per heavy atom. The summed E-state index contributed by atoms with van der Waals surface area (Å²) >= 11 is 0. The van der Waals surface area contributed by atoms with Crippen molar-refractivity contribution in [2.24, 2.45) is 0 Å². The van der Waals surface area contributed by atoms with Crippen LogP contribution < -0.4 is 20.9 Å². The van der Waals surface area contributed by atoms with Gasteiger partial charge in [-0.2, -0.15) is 0 Å². The van der Waals surface area contributed by atoms with E-state index in [0.29, 0.717) is 0 Å². The minimum atomic E-state index is -0.0817. The maximum absolute atomic E-state index is 12.3. The van der Waals surface area contributed by atoms with Crippen molar-refractivity contribution in [1.82, 2.24) is 0 Å². The Hall–Kier alpha value is -6.26. The van der Waals surface area contributed by atoms with E-state index >= 15 is 0 Å². The van der Waals surface area contributed by atoms with Crippen molar-refractivity contribution in [3.63, 3.8) is 0 Å². The quantitative estimate of drug-likeness (QED) is 0.282. The van der Waals surface area contributed by atoms with Crippen LogP contribution in [0.4, 0.5) is 0 Å². The molecule has 4 aromatic carbocycles. The molecule has 0 fully saturated rings. The van der Waals surface area contributed by atoms with Crippen molar-refractivity contribution < 1.29 is 19.2 Å². The average Bonchev–Trinajstić information content (AvgIpc) is 3.08. The molecule has 4 heteroatoms. The Balaban J connectivity index is 1.86. The monoisotopic (exact) mass is 592 g/mol. The maximum Gasteiger partial charge on any atom is 0.178 e. The second kappa shape index (κ2) is 10.7. The molecule has 0 bridgehead atoms. The fourth-order valence-corrected chi connectivity index (χ4v) is 6.81. The van der Waals surface area contributed by atoms with E-state index in [4.69, 9.17) is 0 Å². The lowest BCUT2D eigenvalue weighted by Gasteiger charge is -2.18. The molecule has 0 saturated heterocycles. The van der Waals surface area contributed by atoms with Crippen LogP contribution in [0.25, 0.3) is 54.6 Å². The van der Waals surface area contributed by atoms with Gasteiger partial charge in [0.15, 0.2) is 23.1 Å². The molecule has 0 aliphatic heterocycles. The number of benzene rings is 4. The molecule has 216 valence electrons. The van der Waals surface area contributed by atoms with Crippen molar-refractivity contribution in [1.29, 1.82) is 0 Å². The summed E-state index contributed by atoms with van der Waals surface area (Å²) in [5, 5.41) is 9.59. The zero-order chi connectivity index (χ0) is 31.4. The van der Waals surface area contributed by atoms with Crippen LogP contribution in [-0.4, -0.2) is 23.1 Å². The van der Waals surface area contributed by atoms with Gasteiger partial charge in [0, 0.05) is 0 Å². The fraction of sp³-hybridized carbons (Fsp3) is 0. The smallest absolute Gasteiger partial charge is 0.178 e. The van der Waals surface area contributed by atoms with E-state index in [1.807, 2.05) is 72.9 Å².